The van der Waals surface area contributed by atoms with E-state index in [0.29, 0.717) is 17.0 Å². The van der Waals surface area contributed by atoms with Crippen molar-refractivity contribution in [2.75, 3.05) is 25.4 Å². The molecule has 0 saturated carbocycles. The number of benzene rings is 1. The lowest BCUT2D eigenvalue weighted by molar-refractivity contribution is -0.130. The SMILES string of the molecule is Cc1cc(S(=O)(=O)Nc2cccnc2)ccc1OCC(=O)N(C)C. The van der Waals surface area contributed by atoms with Crippen molar-refractivity contribution in [3.63, 3.8) is 0 Å². The first-order valence-electron chi connectivity index (χ1n) is 7.16. The molecular weight excluding hydrogens is 330 g/mol. The number of ether oxygens (including phenoxy) is 1. The van der Waals surface area contributed by atoms with E-state index in [2.05, 4.69) is 9.71 Å². The van der Waals surface area contributed by atoms with Crippen molar-refractivity contribution in [2.24, 2.45) is 0 Å². The van der Waals surface area contributed by atoms with Crippen LogP contribution >= 0.6 is 0 Å². The normalized spacial score (nSPS) is 11.0. The molecule has 0 saturated heterocycles. The minimum absolute atomic E-state index is 0.103. The second-order valence-corrected chi connectivity index (χ2v) is 7.03. The number of nitrogens with zero attached hydrogens (tertiary/aromatic N) is 2. The van der Waals surface area contributed by atoms with E-state index >= 15 is 0 Å². The Hall–Kier alpha value is -2.61. The summed E-state index contributed by atoms with van der Waals surface area (Å²) >= 11 is 0. The lowest BCUT2D eigenvalue weighted by atomic mass is 10.2. The number of aromatic nitrogens is 1. The third-order valence-electron chi connectivity index (χ3n) is 3.22. The molecule has 24 heavy (non-hydrogen) atoms. The summed E-state index contributed by atoms with van der Waals surface area (Å²) in [5.41, 5.74) is 1.00. The number of aryl methyl sites for hydroxylation is 1. The van der Waals surface area contributed by atoms with Crippen LogP contribution in [0.15, 0.2) is 47.6 Å². The van der Waals surface area contributed by atoms with Crippen molar-refractivity contribution in [1.29, 1.82) is 0 Å². The number of hydrogen-bond acceptors (Lipinski definition) is 5. The van der Waals surface area contributed by atoms with Crippen LogP contribution in [0.5, 0.6) is 5.75 Å². The zero-order chi connectivity index (χ0) is 17.7. The fourth-order valence-electron chi connectivity index (χ4n) is 1.86. The topological polar surface area (TPSA) is 88.6 Å². The summed E-state index contributed by atoms with van der Waals surface area (Å²) in [6.07, 6.45) is 2.98. The van der Waals surface area contributed by atoms with Crippen LogP contribution in [-0.4, -0.2) is 44.9 Å². The van der Waals surface area contributed by atoms with Gasteiger partial charge in [0.15, 0.2) is 6.61 Å². The van der Waals surface area contributed by atoms with E-state index in [9.17, 15) is 13.2 Å². The fraction of sp³-hybridized carbons (Fsp3) is 0.250. The highest BCUT2D eigenvalue weighted by Crippen LogP contribution is 2.23. The summed E-state index contributed by atoms with van der Waals surface area (Å²) < 4.78 is 32.6. The van der Waals surface area contributed by atoms with E-state index in [0.717, 1.165) is 0 Å². The molecule has 128 valence electrons. The molecule has 0 radical (unpaired) electrons. The smallest absolute Gasteiger partial charge is 0.261 e. The van der Waals surface area contributed by atoms with Gasteiger partial charge in [-0.15, -0.1) is 0 Å². The van der Waals surface area contributed by atoms with Gasteiger partial charge in [-0.3, -0.25) is 14.5 Å². The quantitative estimate of drug-likeness (QED) is 0.857. The molecule has 1 aromatic heterocycles. The number of carbonyl (C=O) groups excluding carboxylic acids is 1. The summed E-state index contributed by atoms with van der Waals surface area (Å²) in [5.74, 6) is 0.287. The number of pyridine rings is 1. The highest BCUT2D eigenvalue weighted by molar-refractivity contribution is 7.92. The van der Waals surface area contributed by atoms with Gasteiger partial charge in [0.2, 0.25) is 0 Å². The van der Waals surface area contributed by atoms with Crippen LogP contribution in [0.25, 0.3) is 0 Å². The van der Waals surface area contributed by atoms with E-state index in [4.69, 9.17) is 4.74 Å². The van der Waals surface area contributed by atoms with Gasteiger partial charge in [0, 0.05) is 20.3 Å². The second-order valence-electron chi connectivity index (χ2n) is 5.35. The van der Waals surface area contributed by atoms with Gasteiger partial charge in [-0.1, -0.05) is 0 Å². The van der Waals surface area contributed by atoms with Crippen molar-refractivity contribution in [1.82, 2.24) is 9.88 Å². The number of rotatable bonds is 6. The molecule has 1 aromatic carbocycles. The molecule has 0 bridgehead atoms. The van der Waals surface area contributed by atoms with Gasteiger partial charge in [-0.05, 0) is 42.8 Å². The predicted molar refractivity (Wildman–Crippen MR) is 90.4 cm³/mol. The molecule has 0 spiro atoms. The molecule has 1 amide bonds. The van der Waals surface area contributed by atoms with E-state index in [1.165, 1.54) is 29.3 Å². The van der Waals surface area contributed by atoms with E-state index in [-0.39, 0.29) is 17.4 Å². The Morgan fingerprint density at radius 2 is 2.04 bits per heavy atom. The summed E-state index contributed by atoms with van der Waals surface area (Å²) in [5, 5.41) is 0. The number of anilines is 1. The van der Waals surface area contributed by atoms with Crippen LogP contribution in [-0.2, 0) is 14.8 Å². The Morgan fingerprint density at radius 1 is 1.29 bits per heavy atom. The summed E-state index contributed by atoms with van der Waals surface area (Å²) in [7, 11) is -0.444. The van der Waals surface area contributed by atoms with Gasteiger partial charge < -0.3 is 9.64 Å². The zero-order valence-corrected chi connectivity index (χ0v) is 14.5. The standard InChI is InChI=1S/C16H19N3O4S/c1-12-9-14(6-7-15(12)23-11-16(20)19(2)3)24(21,22)18-13-5-4-8-17-10-13/h4-10,18H,11H2,1-3H3. The van der Waals surface area contributed by atoms with Crippen LogP contribution in [0.1, 0.15) is 5.56 Å². The van der Waals surface area contributed by atoms with Crippen LogP contribution in [0, 0.1) is 6.92 Å². The van der Waals surface area contributed by atoms with Gasteiger partial charge in [0.25, 0.3) is 15.9 Å². The number of amides is 1. The third kappa shape index (κ3) is 4.45. The molecule has 2 rings (SSSR count). The lowest BCUT2D eigenvalue weighted by Gasteiger charge is -2.14. The molecule has 0 aliphatic carbocycles. The van der Waals surface area contributed by atoms with Crippen LogP contribution in [0.2, 0.25) is 0 Å². The Morgan fingerprint density at radius 3 is 2.62 bits per heavy atom. The number of sulfonamides is 1. The van der Waals surface area contributed by atoms with Gasteiger partial charge in [-0.2, -0.15) is 0 Å². The van der Waals surface area contributed by atoms with E-state index in [1.54, 1.807) is 39.3 Å². The Labute approximate surface area is 141 Å². The molecule has 1 heterocycles. The summed E-state index contributed by atoms with van der Waals surface area (Å²) in [4.78, 5) is 16.9. The molecule has 0 aliphatic heterocycles. The number of hydrogen-bond donors (Lipinski definition) is 1. The number of nitrogens with one attached hydrogen (secondary N) is 1. The summed E-state index contributed by atoms with van der Waals surface area (Å²) in [6, 6.07) is 7.72. The van der Waals surface area contributed by atoms with E-state index < -0.39 is 10.0 Å². The van der Waals surface area contributed by atoms with Crippen LogP contribution < -0.4 is 9.46 Å². The largest absolute Gasteiger partial charge is 0.483 e. The molecule has 1 N–H and O–H groups in total. The van der Waals surface area contributed by atoms with Gasteiger partial charge in [0.05, 0.1) is 16.8 Å². The van der Waals surface area contributed by atoms with Crippen LogP contribution in [0.4, 0.5) is 5.69 Å². The monoisotopic (exact) mass is 349 g/mol. The van der Waals surface area contributed by atoms with Gasteiger partial charge >= 0.3 is 0 Å². The highest BCUT2D eigenvalue weighted by Gasteiger charge is 2.16. The molecule has 2 aromatic rings. The lowest BCUT2D eigenvalue weighted by Crippen LogP contribution is -2.27. The minimum atomic E-state index is -3.72. The maximum Gasteiger partial charge on any atom is 0.261 e. The maximum atomic E-state index is 12.4. The average molecular weight is 349 g/mol. The molecule has 0 aliphatic rings. The fourth-order valence-corrected chi connectivity index (χ4v) is 2.98. The second kappa shape index (κ2) is 7.31. The maximum absolute atomic E-state index is 12.4. The zero-order valence-electron chi connectivity index (χ0n) is 13.7. The molecule has 0 atom stereocenters. The number of likely N-dealkylation sites (N-methyl/N-ethyl adjacent to an activating group) is 1. The predicted octanol–water partition coefficient (Wildman–Crippen LogP) is 1.66. The first kappa shape index (κ1) is 17.7. The van der Waals surface area contributed by atoms with Crippen molar-refractivity contribution >= 4 is 21.6 Å². The van der Waals surface area contributed by atoms with Crippen molar-refractivity contribution < 1.29 is 17.9 Å². The highest BCUT2D eigenvalue weighted by atomic mass is 32.2. The first-order chi connectivity index (χ1) is 11.3. The first-order valence-corrected chi connectivity index (χ1v) is 8.64. The average Bonchev–Trinajstić information content (AvgIpc) is 2.53. The molecule has 0 fully saturated rings. The molecular formula is C16H19N3O4S. The van der Waals surface area contributed by atoms with Gasteiger partial charge in [0.1, 0.15) is 5.75 Å². The molecule has 0 unspecified atom stereocenters. The number of carbonyl (C=O) groups is 1. The van der Waals surface area contributed by atoms with Crippen molar-refractivity contribution in [3.05, 3.63) is 48.3 Å². The minimum Gasteiger partial charge on any atom is -0.483 e. The molecule has 8 heteroatoms. The van der Waals surface area contributed by atoms with Gasteiger partial charge in [-0.25, -0.2) is 8.42 Å². The Kier molecular flexibility index (Phi) is 5.40. The third-order valence-corrected chi connectivity index (χ3v) is 4.60. The Balaban J connectivity index is 2.15. The summed E-state index contributed by atoms with van der Waals surface area (Å²) in [6.45, 7) is 1.62. The molecule has 7 nitrogen and oxygen atoms in total. The Bertz CT molecular complexity index is 820. The van der Waals surface area contributed by atoms with Crippen LogP contribution in [0.3, 0.4) is 0 Å². The van der Waals surface area contributed by atoms with Crippen molar-refractivity contribution in [3.8, 4) is 5.75 Å². The van der Waals surface area contributed by atoms with Crippen molar-refractivity contribution in [2.45, 2.75) is 11.8 Å². The van der Waals surface area contributed by atoms with E-state index in [1.807, 2.05) is 0 Å².